The molecule has 3 aromatic rings. The van der Waals surface area contributed by atoms with Gasteiger partial charge in [0.1, 0.15) is 0 Å². The Morgan fingerprint density at radius 3 is 2.63 bits per heavy atom. The Morgan fingerprint density at radius 2 is 1.89 bits per heavy atom. The number of carbonyl (C=O) groups excluding carboxylic acids is 2. The average Bonchev–Trinajstić information content (AvgIpc) is 3.00. The van der Waals surface area contributed by atoms with Crippen LogP contribution in [0.3, 0.4) is 0 Å². The first-order chi connectivity index (χ1) is 12.9. The van der Waals surface area contributed by atoms with E-state index in [2.05, 4.69) is 10.4 Å². The van der Waals surface area contributed by atoms with Crippen LogP contribution in [0.25, 0.3) is 16.6 Å². The SMILES string of the molecule is Cc1nc2c3ccccc3nn2c(C)c1CCC(=O)NCCC(=O)N(C)C. The van der Waals surface area contributed by atoms with Crippen LogP contribution in [-0.4, -0.2) is 52.0 Å². The number of benzene rings is 1. The first kappa shape index (κ1) is 18.8. The Labute approximate surface area is 158 Å². The molecule has 0 radical (unpaired) electrons. The maximum absolute atomic E-state index is 12.1. The first-order valence-electron chi connectivity index (χ1n) is 9.09. The summed E-state index contributed by atoms with van der Waals surface area (Å²) in [6.07, 6.45) is 1.25. The highest BCUT2D eigenvalue weighted by Gasteiger charge is 2.15. The number of amides is 2. The van der Waals surface area contributed by atoms with Gasteiger partial charge in [-0.3, -0.25) is 9.59 Å². The molecular weight excluding hydrogens is 342 g/mol. The Morgan fingerprint density at radius 1 is 1.15 bits per heavy atom. The topological polar surface area (TPSA) is 79.6 Å². The Kier molecular flexibility index (Phi) is 5.39. The number of nitrogens with one attached hydrogen (secondary N) is 1. The minimum atomic E-state index is -0.0638. The van der Waals surface area contributed by atoms with Gasteiger partial charge in [-0.05, 0) is 38.0 Å². The van der Waals surface area contributed by atoms with E-state index in [0.717, 1.165) is 33.5 Å². The molecule has 1 aromatic carbocycles. The van der Waals surface area contributed by atoms with E-state index in [9.17, 15) is 9.59 Å². The van der Waals surface area contributed by atoms with Crippen LogP contribution >= 0.6 is 0 Å². The van der Waals surface area contributed by atoms with Crippen molar-refractivity contribution in [2.24, 2.45) is 0 Å². The molecule has 2 aromatic heterocycles. The molecule has 0 unspecified atom stereocenters. The molecule has 1 N–H and O–H groups in total. The van der Waals surface area contributed by atoms with E-state index in [1.165, 1.54) is 4.90 Å². The molecule has 0 fully saturated rings. The summed E-state index contributed by atoms with van der Waals surface area (Å²) in [5.41, 5.74) is 4.71. The Hall–Kier alpha value is -2.96. The van der Waals surface area contributed by atoms with Gasteiger partial charge in [0, 0.05) is 50.3 Å². The number of aryl methyl sites for hydroxylation is 2. The molecule has 142 valence electrons. The number of rotatable bonds is 6. The van der Waals surface area contributed by atoms with Gasteiger partial charge in [0.2, 0.25) is 11.8 Å². The van der Waals surface area contributed by atoms with Crippen molar-refractivity contribution in [3.63, 3.8) is 0 Å². The van der Waals surface area contributed by atoms with Crippen LogP contribution in [0.2, 0.25) is 0 Å². The normalized spacial score (nSPS) is 11.1. The van der Waals surface area contributed by atoms with E-state index in [1.54, 1.807) is 14.1 Å². The molecule has 0 atom stereocenters. The van der Waals surface area contributed by atoms with Crippen molar-refractivity contribution in [2.75, 3.05) is 20.6 Å². The smallest absolute Gasteiger partial charge is 0.223 e. The Balaban J connectivity index is 1.71. The fourth-order valence-electron chi connectivity index (χ4n) is 3.20. The summed E-state index contributed by atoms with van der Waals surface area (Å²) in [4.78, 5) is 29.9. The van der Waals surface area contributed by atoms with Crippen molar-refractivity contribution in [3.8, 4) is 0 Å². The molecule has 0 saturated heterocycles. The lowest BCUT2D eigenvalue weighted by Gasteiger charge is -2.12. The van der Waals surface area contributed by atoms with Gasteiger partial charge in [0.25, 0.3) is 0 Å². The van der Waals surface area contributed by atoms with E-state index in [1.807, 2.05) is 42.6 Å². The highest BCUT2D eigenvalue weighted by Crippen LogP contribution is 2.22. The quantitative estimate of drug-likeness (QED) is 0.723. The second-order valence-electron chi connectivity index (χ2n) is 6.90. The molecule has 0 aliphatic carbocycles. The third-order valence-electron chi connectivity index (χ3n) is 4.78. The largest absolute Gasteiger partial charge is 0.356 e. The number of carbonyl (C=O) groups is 2. The standard InChI is InChI=1S/C20H25N5O2/c1-13-15(9-10-18(26)21-12-11-19(27)24(3)4)14(2)25-20(22-13)16-7-5-6-8-17(16)23-25/h5-8H,9-12H2,1-4H3,(H,21,26). The second kappa shape index (κ2) is 7.73. The molecule has 2 heterocycles. The summed E-state index contributed by atoms with van der Waals surface area (Å²) in [5, 5.41) is 8.47. The maximum Gasteiger partial charge on any atom is 0.223 e. The van der Waals surface area contributed by atoms with Crippen molar-refractivity contribution in [1.29, 1.82) is 0 Å². The molecule has 7 heteroatoms. The fraction of sp³-hybridized carbons (Fsp3) is 0.400. The summed E-state index contributed by atoms with van der Waals surface area (Å²) < 4.78 is 1.86. The van der Waals surface area contributed by atoms with Gasteiger partial charge < -0.3 is 10.2 Å². The number of hydrogen-bond donors (Lipinski definition) is 1. The molecule has 0 aliphatic rings. The van der Waals surface area contributed by atoms with Gasteiger partial charge in [-0.15, -0.1) is 0 Å². The highest BCUT2D eigenvalue weighted by atomic mass is 16.2. The predicted octanol–water partition coefficient (Wildman–Crippen LogP) is 2.03. The third kappa shape index (κ3) is 3.92. The van der Waals surface area contributed by atoms with E-state index in [4.69, 9.17) is 4.98 Å². The van der Waals surface area contributed by atoms with E-state index in [-0.39, 0.29) is 11.8 Å². The van der Waals surface area contributed by atoms with Gasteiger partial charge in [-0.2, -0.15) is 5.10 Å². The number of hydrogen-bond acceptors (Lipinski definition) is 4. The summed E-state index contributed by atoms with van der Waals surface area (Å²) in [6, 6.07) is 7.94. The van der Waals surface area contributed by atoms with E-state index in [0.29, 0.717) is 25.8 Å². The lowest BCUT2D eigenvalue weighted by Crippen LogP contribution is -2.30. The van der Waals surface area contributed by atoms with Crippen molar-refractivity contribution in [1.82, 2.24) is 24.8 Å². The van der Waals surface area contributed by atoms with Gasteiger partial charge in [0.05, 0.1) is 5.52 Å². The van der Waals surface area contributed by atoms with Crippen molar-refractivity contribution in [2.45, 2.75) is 33.1 Å². The van der Waals surface area contributed by atoms with Crippen LogP contribution in [0.1, 0.15) is 29.8 Å². The molecule has 0 bridgehead atoms. The zero-order valence-corrected chi connectivity index (χ0v) is 16.2. The predicted molar refractivity (Wildman–Crippen MR) is 105 cm³/mol. The summed E-state index contributed by atoms with van der Waals surface area (Å²) in [7, 11) is 3.41. The zero-order chi connectivity index (χ0) is 19.6. The fourth-order valence-corrected chi connectivity index (χ4v) is 3.20. The lowest BCUT2D eigenvalue weighted by atomic mass is 10.1. The zero-order valence-electron chi connectivity index (χ0n) is 16.2. The monoisotopic (exact) mass is 367 g/mol. The summed E-state index contributed by atoms with van der Waals surface area (Å²) in [6.45, 7) is 4.34. The highest BCUT2D eigenvalue weighted by molar-refractivity contribution is 5.92. The molecule has 2 amide bonds. The van der Waals surface area contributed by atoms with Crippen molar-refractivity contribution >= 4 is 28.4 Å². The van der Waals surface area contributed by atoms with Gasteiger partial charge in [-0.1, -0.05) is 12.1 Å². The van der Waals surface area contributed by atoms with Crippen LogP contribution in [0.5, 0.6) is 0 Å². The summed E-state index contributed by atoms with van der Waals surface area (Å²) in [5.74, 6) is -0.0616. The maximum atomic E-state index is 12.1. The number of nitrogens with zero attached hydrogens (tertiary/aromatic N) is 4. The lowest BCUT2D eigenvalue weighted by molar-refractivity contribution is -0.128. The first-order valence-corrected chi connectivity index (χ1v) is 9.09. The molecular formula is C20H25N5O2. The van der Waals surface area contributed by atoms with Crippen molar-refractivity contribution in [3.05, 3.63) is 41.2 Å². The second-order valence-corrected chi connectivity index (χ2v) is 6.90. The van der Waals surface area contributed by atoms with Crippen LogP contribution in [0, 0.1) is 13.8 Å². The number of fused-ring (bicyclic) bond motifs is 3. The van der Waals surface area contributed by atoms with Crippen LogP contribution in [0.15, 0.2) is 24.3 Å². The molecule has 0 spiro atoms. The van der Waals surface area contributed by atoms with Gasteiger partial charge >= 0.3 is 0 Å². The van der Waals surface area contributed by atoms with Crippen LogP contribution in [-0.2, 0) is 16.0 Å². The molecule has 27 heavy (non-hydrogen) atoms. The Bertz CT molecular complexity index is 1010. The molecule has 7 nitrogen and oxygen atoms in total. The van der Waals surface area contributed by atoms with E-state index < -0.39 is 0 Å². The molecule has 3 rings (SSSR count). The minimum Gasteiger partial charge on any atom is -0.356 e. The van der Waals surface area contributed by atoms with Crippen molar-refractivity contribution < 1.29 is 9.59 Å². The number of aromatic nitrogens is 3. The van der Waals surface area contributed by atoms with Gasteiger partial charge in [0.15, 0.2) is 5.65 Å². The minimum absolute atomic E-state index is 0.00221. The third-order valence-corrected chi connectivity index (χ3v) is 4.78. The summed E-state index contributed by atoms with van der Waals surface area (Å²) >= 11 is 0. The van der Waals surface area contributed by atoms with Crippen LogP contribution < -0.4 is 5.32 Å². The van der Waals surface area contributed by atoms with E-state index >= 15 is 0 Å². The van der Waals surface area contributed by atoms with Gasteiger partial charge in [-0.25, -0.2) is 9.50 Å². The molecule has 0 saturated carbocycles. The molecule has 0 aliphatic heterocycles. The average molecular weight is 367 g/mol. The van der Waals surface area contributed by atoms with Crippen LogP contribution in [0.4, 0.5) is 0 Å².